The zero-order chi connectivity index (χ0) is 12.4. The summed E-state index contributed by atoms with van der Waals surface area (Å²) >= 11 is 0. The van der Waals surface area contributed by atoms with Gasteiger partial charge < -0.3 is 10.8 Å². The Morgan fingerprint density at radius 3 is 2.25 bits per heavy atom. The fraction of sp³-hybridized carbons (Fsp3) is 0.769. The van der Waals surface area contributed by atoms with Gasteiger partial charge in [-0.15, -0.1) is 6.58 Å². The van der Waals surface area contributed by atoms with Gasteiger partial charge in [0.2, 0.25) is 0 Å². The van der Waals surface area contributed by atoms with E-state index < -0.39 is 11.5 Å². The van der Waals surface area contributed by atoms with Crippen LogP contribution in [0.15, 0.2) is 12.7 Å². The molecule has 0 aromatic heterocycles. The maximum absolute atomic E-state index is 10.7. The minimum absolute atomic E-state index is 0.564. The van der Waals surface area contributed by atoms with Crippen molar-refractivity contribution in [1.82, 2.24) is 0 Å². The molecule has 3 nitrogen and oxygen atoms in total. The average molecular weight is 227 g/mol. The monoisotopic (exact) mass is 227 g/mol. The Morgan fingerprint density at radius 1 is 1.25 bits per heavy atom. The van der Waals surface area contributed by atoms with Crippen molar-refractivity contribution in [3.8, 4) is 0 Å². The molecular weight excluding hydrogens is 202 g/mol. The Balaban J connectivity index is 3.33. The molecule has 94 valence electrons. The van der Waals surface area contributed by atoms with Crippen LogP contribution in [0, 0.1) is 0 Å². The van der Waals surface area contributed by atoms with Crippen LogP contribution in [0.5, 0.6) is 0 Å². The van der Waals surface area contributed by atoms with Crippen molar-refractivity contribution < 1.29 is 9.90 Å². The third kappa shape index (κ3) is 7.46. The molecular formula is C13H25NO2. The second kappa shape index (κ2) is 8.34. The number of carboxylic acids is 1. The number of allylic oxidation sites excluding steroid dienone is 1. The van der Waals surface area contributed by atoms with Gasteiger partial charge in [0.15, 0.2) is 0 Å². The number of hydrogen-bond donors (Lipinski definition) is 2. The predicted molar refractivity (Wildman–Crippen MR) is 67.4 cm³/mol. The van der Waals surface area contributed by atoms with Crippen LogP contribution in [0.25, 0.3) is 0 Å². The van der Waals surface area contributed by atoms with Gasteiger partial charge in [0, 0.05) is 0 Å². The van der Waals surface area contributed by atoms with Crippen LogP contribution >= 0.6 is 0 Å². The van der Waals surface area contributed by atoms with Gasteiger partial charge in [-0.25, -0.2) is 0 Å². The summed E-state index contributed by atoms with van der Waals surface area (Å²) in [4.78, 5) is 10.7. The molecule has 0 bridgehead atoms. The first-order valence-electron chi connectivity index (χ1n) is 6.14. The molecule has 0 fully saturated rings. The van der Waals surface area contributed by atoms with E-state index in [0.717, 1.165) is 19.3 Å². The molecule has 0 heterocycles. The number of carbonyl (C=O) groups is 1. The fourth-order valence-electron chi connectivity index (χ4n) is 1.59. The molecule has 1 atom stereocenters. The number of aliphatic carboxylic acids is 1. The van der Waals surface area contributed by atoms with Crippen LogP contribution in [-0.2, 0) is 4.79 Å². The summed E-state index contributed by atoms with van der Waals surface area (Å²) in [5.74, 6) is -0.904. The third-order valence-corrected chi connectivity index (χ3v) is 2.84. The van der Waals surface area contributed by atoms with Crippen LogP contribution < -0.4 is 5.73 Å². The van der Waals surface area contributed by atoms with Gasteiger partial charge in [-0.1, -0.05) is 38.2 Å². The molecule has 3 N–H and O–H groups in total. The third-order valence-electron chi connectivity index (χ3n) is 2.84. The molecule has 0 aliphatic rings. The lowest BCUT2D eigenvalue weighted by atomic mass is 9.95. The van der Waals surface area contributed by atoms with E-state index in [4.69, 9.17) is 10.8 Å². The van der Waals surface area contributed by atoms with Gasteiger partial charge in [-0.3, -0.25) is 4.79 Å². The highest BCUT2D eigenvalue weighted by Crippen LogP contribution is 2.14. The van der Waals surface area contributed by atoms with Gasteiger partial charge in [0.05, 0.1) is 0 Å². The highest BCUT2D eigenvalue weighted by Gasteiger charge is 2.26. The number of hydrogen-bond acceptors (Lipinski definition) is 2. The molecule has 0 amide bonds. The van der Waals surface area contributed by atoms with Gasteiger partial charge in [0.25, 0.3) is 0 Å². The lowest BCUT2D eigenvalue weighted by Gasteiger charge is -2.18. The number of carboxylic acid groups (broad SMARTS) is 1. The van der Waals surface area contributed by atoms with Crippen molar-refractivity contribution in [3.63, 3.8) is 0 Å². The first kappa shape index (κ1) is 15.2. The summed E-state index contributed by atoms with van der Waals surface area (Å²) in [6, 6.07) is 0. The Bertz CT molecular complexity index is 212. The number of nitrogens with two attached hydrogens (primary N) is 1. The summed E-state index contributed by atoms with van der Waals surface area (Å²) in [7, 11) is 0. The molecule has 16 heavy (non-hydrogen) atoms. The summed E-state index contributed by atoms with van der Waals surface area (Å²) in [5, 5.41) is 8.81. The van der Waals surface area contributed by atoms with Crippen molar-refractivity contribution in [2.45, 2.75) is 63.8 Å². The predicted octanol–water partition coefficient (Wildman–Crippen LogP) is 3.10. The molecule has 1 unspecified atom stereocenters. The topological polar surface area (TPSA) is 63.3 Å². The first-order chi connectivity index (χ1) is 7.50. The van der Waals surface area contributed by atoms with E-state index in [-0.39, 0.29) is 0 Å². The van der Waals surface area contributed by atoms with Crippen LogP contribution in [0.4, 0.5) is 0 Å². The first-order valence-corrected chi connectivity index (χ1v) is 6.14. The highest BCUT2D eigenvalue weighted by molar-refractivity contribution is 5.77. The maximum atomic E-state index is 10.7. The molecule has 0 aromatic carbocycles. The molecule has 0 radical (unpaired) electrons. The number of rotatable bonds is 10. The van der Waals surface area contributed by atoms with E-state index in [1.807, 2.05) is 6.08 Å². The van der Waals surface area contributed by atoms with Crippen LogP contribution in [0.3, 0.4) is 0 Å². The second-order valence-electron chi connectivity index (χ2n) is 4.67. The van der Waals surface area contributed by atoms with E-state index in [1.54, 1.807) is 6.92 Å². The Hall–Kier alpha value is -0.830. The summed E-state index contributed by atoms with van der Waals surface area (Å²) in [6.07, 6.45) is 10.4. The standard InChI is InChI=1S/C13H25NO2/c1-3-4-5-6-7-8-9-10-11-13(2,14)12(15)16/h3H,1,4-11,14H2,2H3,(H,15,16). The van der Waals surface area contributed by atoms with E-state index in [9.17, 15) is 4.79 Å². The van der Waals surface area contributed by atoms with Gasteiger partial charge in [0.1, 0.15) is 5.54 Å². The lowest BCUT2D eigenvalue weighted by molar-refractivity contribution is -0.142. The minimum atomic E-state index is -1.05. The van der Waals surface area contributed by atoms with Gasteiger partial charge in [-0.05, 0) is 26.2 Å². The molecule has 0 spiro atoms. The van der Waals surface area contributed by atoms with Crippen LogP contribution in [0.1, 0.15) is 58.3 Å². The van der Waals surface area contributed by atoms with Gasteiger partial charge >= 0.3 is 5.97 Å². The van der Waals surface area contributed by atoms with Crippen LogP contribution in [0.2, 0.25) is 0 Å². The smallest absolute Gasteiger partial charge is 0.323 e. The average Bonchev–Trinajstić information content (AvgIpc) is 2.21. The maximum Gasteiger partial charge on any atom is 0.323 e. The fourth-order valence-corrected chi connectivity index (χ4v) is 1.59. The van der Waals surface area contributed by atoms with E-state index in [2.05, 4.69) is 6.58 Å². The number of unbranched alkanes of at least 4 members (excludes halogenated alkanes) is 6. The second-order valence-corrected chi connectivity index (χ2v) is 4.67. The van der Waals surface area contributed by atoms with Gasteiger partial charge in [-0.2, -0.15) is 0 Å². The largest absolute Gasteiger partial charge is 0.480 e. The zero-order valence-electron chi connectivity index (χ0n) is 10.4. The Kier molecular flexibility index (Phi) is 7.90. The lowest BCUT2D eigenvalue weighted by Crippen LogP contribution is -2.44. The SMILES string of the molecule is C=CCCCCCCCCC(C)(N)C(=O)O. The molecule has 3 heteroatoms. The Labute approximate surface area is 98.7 Å². The molecule has 0 aliphatic heterocycles. The normalized spacial score (nSPS) is 14.4. The highest BCUT2D eigenvalue weighted by atomic mass is 16.4. The van der Waals surface area contributed by atoms with E-state index >= 15 is 0 Å². The molecule has 0 saturated heterocycles. The molecule has 0 aliphatic carbocycles. The summed E-state index contributed by atoms with van der Waals surface area (Å²) in [5.41, 5.74) is 4.58. The van der Waals surface area contributed by atoms with E-state index in [0.29, 0.717) is 6.42 Å². The van der Waals surface area contributed by atoms with E-state index in [1.165, 1.54) is 25.7 Å². The molecule has 0 rings (SSSR count). The van der Waals surface area contributed by atoms with Crippen molar-refractivity contribution >= 4 is 5.97 Å². The minimum Gasteiger partial charge on any atom is -0.480 e. The Morgan fingerprint density at radius 2 is 1.75 bits per heavy atom. The zero-order valence-corrected chi connectivity index (χ0v) is 10.4. The van der Waals surface area contributed by atoms with Crippen molar-refractivity contribution in [2.75, 3.05) is 0 Å². The van der Waals surface area contributed by atoms with Crippen molar-refractivity contribution in [3.05, 3.63) is 12.7 Å². The molecule has 0 saturated carbocycles. The summed E-state index contributed by atoms with van der Waals surface area (Å²) < 4.78 is 0. The van der Waals surface area contributed by atoms with Crippen molar-refractivity contribution in [1.29, 1.82) is 0 Å². The summed E-state index contributed by atoms with van der Waals surface area (Å²) in [6.45, 7) is 5.26. The molecule has 0 aromatic rings. The quantitative estimate of drug-likeness (QED) is 0.445. The van der Waals surface area contributed by atoms with Crippen LogP contribution in [-0.4, -0.2) is 16.6 Å². The van der Waals surface area contributed by atoms with Crippen molar-refractivity contribution in [2.24, 2.45) is 5.73 Å².